The van der Waals surface area contributed by atoms with Crippen molar-refractivity contribution < 1.29 is 32.5 Å². The van der Waals surface area contributed by atoms with E-state index in [1.807, 2.05) is 0 Å². The monoisotopic (exact) mass is 512 g/mol. The zero-order chi connectivity index (χ0) is 25.5. The van der Waals surface area contributed by atoms with E-state index in [1.54, 1.807) is 0 Å². The van der Waals surface area contributed by atoms with Crippen LogP contribution in [0.2, 0.25) is 5.02 Å². The summed E-state index contributed by atoms with van der Waals surface area (Å²) in [5.41, 5.74) is 4.94. The number of hydrogen-bond acceptors (Lipinski definition) is 8. The van der Waals surface area contributed by atoms with Crippen LogP contribution in [-0.2, 0) is 29.1 Å². The molecule has 0 bridgehead atoms. The Labute approximate surface area is 199 Å². The number of ether oxygens (including phenoxy) is 1. The minimum absolute atomic E-state index is 0.0934. The van der Waals surface area contributed by atoms with Crippen LogP contribution in [0.5, 0.6) is 0 Å². The smallest absolute Gasteiger partial charge is 0.324 e. The number of amides is 2. The van der Waals surface area contributed by atoms with Gasteiger partial charge in [-0.3, -0.25) is 24.5 Å². The second-order valence-electron chi connectivity index (χ2n) is 7.01. The van der Waals surface area contributed by atoms with Gasteiger partial charge in [0.25, 0.3) is 11.6 Å². The highest BCUT2D eigenvalue weighted by molar-refractivity contribution is 7.89. The summed E-state index contributed by atoms with van der Waals surface area (Å²) in [6.45, 7) is 1.23. The highest BCUT2D eigenvalue weighted by Gasteiger charge is 2.30. The molecule has 2 rings (SSSR count). The number of halogens is 1. The van der Waals surface area contributed by atoms with Crippen molar-refractivity contribution in [2.24, 2.45) is 5.73 Å². The molecule has 4 N–H and O–H groups in total. The first kappa shape index (κ1) is 26.7. The molecule has 0 radical (unpaired) electrons. The lowest BCUT2D eigenvalue weighted by Gasteiger charge is -2.20. The molecule has 34 heavy (non-hydrogen) atoms. The number of carbonyl (C=O) groups excluding carboxylic acids is 3. The van der Waals surface area contributed by atoms with E-state index in [9.17, 15) is 32.9 Å². The summed E-state index contributed by atoms with van der Waals surface area (Å²) in [5, 5.41) is 13.5. The zero-order valence-electron chi connectivity index (χ0n) is 17.8. The summed E-state index contributed by atoms with van der Waals surface area (Å²) in [6.07, 6.45) is -2.06. The number of hydrogen-bond donors (Lipinski definition) is 3. The summed E-state index contributed by atoms with van der Waals surface area (Å²) in [7, 11) is -4.21. The molecule has 2 amide bonds. The molecule has 0 aromatic heterocycles. The van der Waals surface area contributed by atoms with E-state index in [4.69, 9.17) is 22.1 Å². The first-order valence-electron chi connectivity index (χ1n) is 9.71. The quantitative estimate of drug-likeness (QED) is 0.230. The van der Waals surface area contributed by atoms with Crippen LogP contribution in [0.3, 0.4) is 0 Å². The molecule has 0 fully saturated rings. The van der Waals surface area contributed by atoms with Crippen molar-refractivity contribution in [1.82, 2.24) is 4.72 Å². The summed E-state index contributed by atoms with van der Waals surface area (Å²) in [5.74, 6) is -2.72. The van der Waals surface area contributed by atoms with Gasteiger partial charge >= 0.3 is 5.97 Å². The molecular weight excluding hydrogens is 492 g/mol. The molecule has 0 saturated heterocycles. The van der Waals surface area contributed by atoms with Gasteiger partial charge < -0.3 is 15.8 Å². The first-order chi connectivity index (χ1) is 15.9. The van der Waals surface area contributed by atoms with E-state index in [0.29, 0.717) is 5.02 Å². The van der Waals surface area contributed by atoms with Gasteiger partial charge in [-0.1, -0.05) is 17.7 Å². The van der Waals surface area contributed by atoms with Crippen LogP contribution in [0.25, 0.3) is 0 Å². The standard InChI is InChI=1S/C20H21ClN4O8S/c1-12(19(27)23-14-3-2-4-15(11-14)25(29)30)33-20(28)17(9-10-18(22)26)24-34(31,32)16-7-5-13(21)6-8-16/h2-8,11-12,17,24H,9-10H2,1H3,(H2,22,26)(H,23,27). The van der Waals surface area contributed by atoms with E-state index in [1.165, 1.54) is 49.4 Å². The number of esters is 1. The van der Waals surface area contributed by atoms with Gasteiger partial charge in [0.15, 0.2) is 6.10 Å². The second kappa shape index (κ2) is 11.5. The van der Waals surface area contributed by atoms with Crippen LogP contribution >= 0.6 is 11.6 Å². The number of non-ortho nitro benzene ring substituents is 1. The van der Waals surface area contributed by atoms with E-state index < -0.39 is 44.9 Å². The summed E-state index contributed by atoms with van der Waals surface area (Å²) in [4.78, 5) is 46.2. The average Bonchev–Trinajstić information content (AvgIpc) is 2.76. The molecule has 0 saturated carbocycles. The molecule has 2 unspecified atom stereocenters. The number of nitro groups is 1. The molecule has 182 valence electrons. The second-order valence-corrected chi connectivity index (χ2v) is 9.16. The number of carbonyl (C=O) groups is 3. The topological polar surface area (TPSA) is 188 Å². The largest absolute Gasteiger partial charge is 0.451 e. The summed E-state index contributed by atoms with van der Waals surface area (Å²) >= 11 is 5.76. The summed E-state index contributed by atoms with van der Waals surface area (Å²) < 4.78 is 32.5. The van der Waals surface area contributed by atoms with E-state index >= 15 is 0 Å². The number of sulfonamides is 1. The Hall–Kier alpha value is -3.55. The number of anilines is 1. The minimum atomic E-state index is -4.21. The highest BCUT2D eigenvalue weighted by atomic mass is 35.5. The Morgan fingerprint density at radius 2 is 1.82 bits per heavy atom. The van der Waals surface area contributed by atoms with E-state index in [-0.39, 0.29) is 29.1 Å². The number of rotatable bonds is 11. The van der Waals surface area contributed by atoms with Gasteiger partial charge in [0.2, 0.25) is 15.9 Å². The molecule has 14 heteroatoms. The Bertz CT molecular complexity index is 1190. The molecule has 0 heterocycles. The van der Waals surface area contributed by atoms with Gasteiger partial charge in [-0.05, 0) is 43.7 Å². The maximum atomic E-state index is 12.6. The van der Waals surface area contributed by atoms with Crippen molar-refractivity contribution in [1.29, 1.82) is 0 Å². The Balaban J connectivity index is 2.12. The Morgan fingerprint density at radius 1 is 1.18 bits per heavy atom. The van der Waals surface area contributed by atoms with Crippen molar-refractivity contribution in [2.45, 2.75) is 36.8 Å². The van der Waals surface area contributed by atoms with Crippen LogP contribution in [0.4, 0.5) is 11.4 Å². The third kappa shape index (κ3) is 7.79. The lowest BCUT2D eigenvalue weighted by molar-refractivity contribution is -0.384. The third-order valence-corrected chi connectivity index (χ3v) is 6.11. The molecule has 2 aromatic rings. The normalized spacial score (nSPS) is 12.9. The number of nitro benzene ring substituents is 1. The lowest BCUT2D eigenvalue weighted by Crippen LogP contribution is -2.44. The van der Waals surface area contributed by atoms with Crippen molar-refractivity contribution in [2.75, 3.05) is 5.32 Å². The predicted molar refractivity (Wildman–Crippen MR) is 121 cm³/mol. The Kier molecular flexibility index (Phi) is 9.06. The summed E-state index contributed by atoms with van der Waals surface area (Å²) in [6, 6.07) is 8.69. The van der Waals surface area contributed by atoms with Gasteiger partial charge in [0, 0.05) is 29.3 Å². The number of nitrogens with two attached hydrogens (primary N) is 1. The molecule has 2 aromatic carbocycles. The average molecular weight is 513 g/mol. The molecule has 0 aliphatic rings. The molecule has 2 atom stereocenters. The van der Waals surface area contributed by atoms with Crippen molar-refractivity contribution in [3.63, 3.8) is 0 Å². The maximum Gasteiger partial charge on any atom is 0.324 e. The van der Waals surface area contributed by atoms with Crippen LogP contribution in [0, 0.1) is 10.1 Å². The van der Waals surface area contributed by atoms with Crippen LogP contribution in [0.15, 0.2) is 53.4 Å². The van der Waals surface area contributed by atoms with Crippen molar-refractivity contribution in [3.05, 3.63) is 63.7 Å². The molecule has 0 aliphatic heterocycles. The maximum absolute atomic E-state index is 12.6. The molecule has 12 nitrogen and oxygen atoms in total. The van der Waals surface area contributed by atoms with Crippen molar-refractivity contribution >= 4 is 50.8 Å². The first-order valence-corrected chi connectivity index (χ1v) is 11.6. The molecule has 0 spiro atoms. The fourth-order valence-corrected chi connectivity index (χ4v) is 3.98. The third-order valence-electron chi connectivity index (χ3n) is 4.37. The fourth-order valence-electron chi connectivity index (χ4n) is 2.63. The Morgan fingerprint density at radius 3 is 2.41 bits per heavy atom. The SMILES string of the molecule is CC(OC(=O)C(CCC(N)=O)NS(=O)(=O)c1ccc(Cl)cc1)C(=O)Nc1cccc([N+](=O)[O-])c1. The van der Waals surface area contributed by atoms with E-state index in [2.05, 4.69) is 10.0 Å². The van der Waals surface area contributed by atoms with Crippen LogP contribution < -0.4 is 15.8 Å². The highest BCUT2D eigenvalue weighted by Crippen LogP contribution is 2.18. The van der Waals surface area contributed by atoms with Gasteiger partial charge in [-0.15, -0.1) is 0 Å². The number of nitrogens with one attached hydrogen (secondary N) is 2. The number of benzene rings is 2. The number of primary amides is 1. The zero-order valence-corrected chi connectivity index (χ0v) is 19.3. The van der Waals surface area contributed by atoms with Gasteiger partial charge in [0.1, 0.15) is 6.04 Å². The lowest BCUT2D eigenvalue weighted by atomic mass is 10.1. The van der Waals surface area contributed by atoms with Gasteiger partial charge in [-0.25, -0.2) is 8.42 Å². The molecular formula is C20H21ClN4O8S. The predicted octanol–water partition coefficient (Wildman–Crippen LogP) is 1.73. The minimum Gasteiger partial charge on any atom is -0.451 e. The fraction of sp³-hybridized carbons (Fsp3) is 0.250. The van der Waals surface area contributed by atoms with Gasteiger partial charge in [-0.2, -0.15) is 4.72 Å². The van der Waals surface area contributed by atoms with Crippen molar-refractivity contribution in [3.8, 4) is 0 Å². The van der Waals surface area contributed by atoms with Gasteiger partial charge in [0.05, 0.1) is 9.82 Å². The van der Waals surface area contributed by atoms with Crippen LogP contribution in [0.1, 0.15) is 19.8 Å². The molecule has 0 aliphatic carbocycles. The van der Waals surface area contributed by atoms with E-state index in [0.717, 1.165) is 6.07 Å². The number of nitrogens with zero attached hydrogens (tertiary/aromatic N) is 1. The van der Waals surface area contributed by atoms with Crippen LogP contribution in [-0.4, -0.2) is 43.3 Å².